The van der Waals surface area contributed by atoms with Crippen LogP contribution in [0.1, 0.15) is 64.2 Å². The highest BCUT2D eigenvalue weighted by Crippen LogP contribution is 2.40. The normalized spacial score (nSPS) is 26.3. The van der Waals surface area contributed by atoms with E-state index in [0.29, 0.717) is 5.41 Å². The number of hydrogen-bond donors (Lipinski definition) is 1. The third-order valence-corrected chi connectivity index (χ3v) is 5.70. The van der Waals surface area contributed by atoms with Crippen LogP contribution in [-0.2, 0) is 0 Å². The van der Waals surface area contributed by atoms with Crippen molar-refractivity contribution in [3.8, 4) is 0 Å². The van der Waals surface area contributed by atoms with Crippen molar-refractivity contribution in [1.29, 1.82) is 0 Å². The average molecular weight is 255 g/mol. The summed E-state index contributed by atoms with van der Waals surface area (Å²) in [5.74, 6) is 1.09. The summed E-state index contributed by atoms with van der Waals surface area (Å²) in [5.41, 5.74) is 0.546. The Kier molecular flexibility index (Phi) is 5.23. The number of thiol groups is 1. The zero-order valence-electron chi connectivity index (χ0n) is 11.5. The first-order valence-electron chi connectivity index (χ1n) is 7.57. The first kappa shape index (κ1) is 13.7. The second-order valence-electron chi connectivity index (χ2n) is 6.43. The van der Waals surface area contributed by atoms with Gasteiger partial charge in [0, 0.05) is 12.6 Å². The molecule has 2 fully saturated rings. The lowest BCUT2D eigenvalue weighted by atomic mass is 9.87. The van der Waals surface area contributed by atoms with Gasteiger partial charge in [0.2, 0.25) is 0 Å². The molecule has 0 spiro atoms. The molecule has 0 aromatic heterocycles. The molecule has 0 saturated heterocycles. The fraction of sp³-hybridized carbons (Fsp3) is 1.00. The van der Waals surface area contributed by atoms with Crippen LogP contribution in [0.2, 0.25) is 0 Å². The Labute approximate surface area is 113 Å². The highest BCUT2D eigenvalue weighted by atomic mass is 32.1. The smallest absolute Gasteiger partial charge is 0.00924 e. The summed E-state index contributed by atoms with van der Waals surface area (Å²) in [6.45, 7) is 1.29. The third-order valence-electron chi connectivity index (χ3n) is 5.03. The van der Waals surface area contributed by atoms with Gasteiger partial charge in [-0.05, 0) is 43.9 Å². The molecule has 0 N–H and O–H groups in total. The van der Waals surface area contributed by atoms with E-state index in [-0.39, 0.29) is 0 Å². The van der Waals surface area contributed by atoms with Crippen molar-refractivity contribution in [2.75, 3.05) is 19.3 Å². The van der Waals surface area contributed by atoms with Crippen molar-refractivity contribution in [2.24, 2.45) is 5.41 Å². The Morgan fingerprint density at radius 3 is 2.12 bits per heavy atom. The van der Waals surface area contributed by atoms with E-state index in [1.807, 2.05) is 0 Å². The van der Waals surface area contributed by atoms with E-state index in [4.69, 9.17) is 0 Å². The standard InChI is InChI=1S/C15H29NS/c1-16(14-8-4-2-3-5-9-14)12-15(13-17)10-6-7-11-15/h14,17H,2-13H2,1H3. The largest absolute Gasteiger partial charge is 0.303 e. The minimum absolute atomic E-state index is 0.546. The van der Waals surface area contributed by atoms with Crippen molar-refractivity contribution in [1.82, 2.24) is 4.90 Å². The van der Waals surface area contributed by atoms with Crippen molar-refractivity contribution in [2.45, 2.75) is 70.3 Å². The van der Waals surface area contributed by atoms with E-state index < -0.39 is 0 Å². The summed E-state index contributed by atoms with van der Waals surface area (Å²) in [6, 6.07) is 0.856. The van der Waals surface area contributed by atoms with E-state index in [1.165, 1.54) is 70.8 Å². The van der Waals surface area contributed by atoms with Gasteiger partial charge in [-0.2, -0.15) is 12.6 Å². The molecule has 17 heavy (non-hydrogen) atoms. The number of hydrogen-bond acceptors (Lipinski definition) is 2. The monoisotopic (exact) mass is 255 g/mol. The molecule has 2 heteroatoms. The first-order chi connectivity index (χ1) is 8.26. The van der Waals surface area contributed by atoms with Gasteiger partial charge in [-0.15, -0.1) is 0 Å². The quantitative estimate of drug-likeness (QED) is 0.584. The lowest BCUT2D eigenvalue weighted by Crippen LogP contribution is -2.41. The highest BCUT2D eigenvalue weighted by Gasteiger charge is 2.34. The minimum atomic E-state index is 0.546. The van der Waals surface area contributed by atoms with Crippen molar-refractivity contribution < 1.29 is 0 Å². The molecule has 2 aliphatic carbocycles. The number of nitrogens with zero attached hydrogens (tertiary/aromatic N) is 1. The van der Waals surface area contributed by atoms with Crippen LogP contribution in [-0.4, -0.2) is 30.3 Å². The van der Waals surface area contributed by atoms with Gasteiger partial charge in [0.25, 0.3) is 0 Å². The van der Waals surface area contributed by atoms with Crippen LogP contribution in [0, 0.1) is 5.41 Å². The van der Waals surface area contributed by atoms with Gasteiger partial charge in [0.1, 0.15) is 0 Å². The van der Waals surface area contributed by atoms with Crippen LogP contribution in [0.4, 0.5) is 0 Å². The molecule has 0 bridgehead atoms. The van der Waals surface area contributed by atoms with E-state index in [2.05, 4.69) is 24.6 Å². The third kappa shape index (κ3) is 3.64. The summed E-state index contributed by atoms with van der Waals surface area (Å²) < 4.78 is 0. The highest BCUT2D eigenvalue weighted by molar-refractivity contribution is 7.80. The van der Waals surface area contributed by atoms with Crippen LogP contribution >= 0.6 is 12.6 Å². The molecule has 0 aromatic carbocycles. The molecule has 2 aliphatic rings. The van der Waals surface area contributed by atoms with Gasteiger partial charge >= 0.3 is 0 Å². The average Bonchev–Trinajstić information content (AvgIpc) is 2.64. The minimum Gasteiger partial charge on any atom is -0.303 e. The molecule has 0 unspecified atom stereocenters. The van der Waals surface area contributed by atoms with Gasteiger partial charge in [-0.1, -0.05) is 38.5 Å². The molecular formula is C15H29NS. The second-order valence-corrected chi connectivity index (χ2v) is 6.74. The van der Waals surface area contributed by atoms with Gasteiger partial charge in [-0.3, -0.25) is 0 Å². The number of rotatable bonds is 4. The molecule has 0 aliphatic heterocycles. The molecule has 0 atom stereocenters. The zero-order chi connectivity index (χ0) is 12.1. The summed E-state index contributed by atoms with van der Waals surface area (Å²) in [6.07, 6.45) is 14.4. The van der Waals surface area contributed by atoms with Crippen LogP contribution in [0.5, 0.6) is 0 Å². The maximum absolute atomic E-state index is 4.63. The maximum atomic E-state index is 4.63. The zero-order valence-corrected chi connectivity index (χ0v) is 12.4. The lowest BCUT2D eigenvalue weighted by Gasteiger charge is -2.36. The van der Waals surface area contributed by atoms with E-state index in [0.717, 1.165) is 11.8 Å². The van der Waals surface area contributed by atoms with Crippen LogP contribution < -0.4 is 0 Å². The molecule has 2 rings (SSSR count). The first-order valence-corrected chi connectivity index (χ1v) is 8.20. The second kappa shape index (κ2) is 6.47. The molecule has 0 aromatic rings. The Bertz CT molecular complexity index is 215. The summed E-state index contributed by atoms with van der Waals surface area (Å²) in [4.78, 5) is 2.67. The maximum Gasteiger partial charge on any atom is 0.00924 e. The van der Waals surface area contributed by atoms with Crippen LogP contribution in [0.25, 0.3) is 0 Å². The van der Waals surface area contributed by atoms with Gasteiger partial charge in [-0.25, -0.2) is 0 Å². The molecule has 0 heterocycles. The summed E-state index contributed by atoms with van der Waals surface area (Å²) >= 11 is 4.63. The molecule has 2 saturated carbocycles. The van der Waals surface area contributed by atoms with Gasteiger partial charge in [0.15, 0.2) is 0 Å². The van der Waals surface area contributed by atoms with E-state index in [9.17, 15) is 0 Å². The lowest BCUT2D eigenvalue weighted by molar-refractivity contribution is 0.143. The van der Waals surface area contributed by atoms with E-state index in [1.54, 1.807) is 0 Å². The van der Waals surface area contributed by atoms with Crippen molar-refractivity contribution in [3.05, 3.63) is 0 Å². The Morgan fingerprint density at radius 1 is 1.00 bits per heavy atom. The fourth-order valence-corrected chi connectivity index (χ4v) is 4.26. The Morgan fingerprint density at radius 2 is 1.59 bits per heavy atom. The fourth-order valence-electron chi connectivity index (χ4n) is 3.85. The Hall–Kier alpha value is 0.310. The van der Waals surface area contributed by atoms with Crippen molar-refractivity contribution in [3.63, 3.8) is 0 Å². The van der Waals surface area contributed by atoms with Gasteiger partial charge < -0.3 is 4.90 Å². The molecule has 0 amide bonds. The van der Waals surface area contributed by atoms with Crippen molar-refractivity contribution >= 4 is 12.6 Å². The van der Waals surface area contributed by atoms with Crippen LogP contribution in [0.3, 0.4) is 0 Å². The molecule has 0 radical (unpaired) electrons. The van der Waals surface area contributed by atoms with E-state index >= 15 is 0 Å². The predicted molar refractivity (Wildman–Crippen MR) is 78.9 cm³/mol. The van der Waals surface area contributed by atoms with Crippen LogP contribution in [0.15, 0.2) is 0 Å². The summed E-state index contributed by atoms with van der Waals surface area (Å²) in [7, 11) is 2.36. The Balaban J connectivity index is 1.87. The predicted octanol–water partition coefficient (Wildman–Crippen LogP) is 4.13. The van der Waals surface area contributed by atoms with Gasteiger partial charge in [0.05, 0.1) is 0 Å². The molecular weight excluding hydrogens is 226 g/mol. The molecule has 1 nitrogen and oxygen atoms in total. The topological polar surface area (TPSA) is 3.24 Å². The SMILES string of the molecule is CN(CC1(CS)CCCC1)C1CCCCCC1. The summed E-state index contributed by atoms with van der Waals surface area (Å²) in [5, 5.41) is 0. The molecule has 100 valence electrons.